The lowest BCUT2D eigenvalue weighted by Crippen LogP contribution is -2.43. The number of nitrogens with two attached hydrogens (primary N) is 1. The number of carbonyl (C=O) groups excluding carboxylic acids is 1. The van der Waals surface area contributed by atoms with Crippen LogP contribution < -0.4 is 10.5 Å². The summed E-state index contributed by atoms with van der Waals surface area (Å²) in [4.78, 5) is 13.2. The molecule has 1 atom stereocenters. The molecule has 18 heavy (non-hydrogen) atoms. The lowest BCUT2D eigenvalue weighted by Gasteiger charge is -2.20. The number of nitrogens with zero attached hydrogens (tertiary/aromatic N) is 1. The predicted molar refractivity (Wildman–Crippen MR) is 69.3 cm³/mol. The van der Waals surface area contributed by atoms with Gasteiger partial charge < -0.3 is 20.5 Å². The van der Waals surface area contributed by atoms with Gasteiger partial charge in [0.2, 0.25) is 5.91 Å². The van der Waals surface area contributed by atoms with E-state index in [2.05, 4.69) is 0 Å². The van der Waals surface area contributed by atoms with Gasteiger partial charge in [0.05, 0.1) is 13.7 Å². The number of aliphatic hydroxyl groups is 1. The highest BCUT2D eigenvalue weighted by Crippen LogP contribution is 2.19. The van der Waals surface area contributed by atoms with Crippen molar-refractivity contribution in [1.29, 1.82) is 0 Å². The minimum Gasteiger partial charge on any atom is -0.496 e. The van der Waals surface area contributed by atoms with Gasteiger partial charge in [0.15, 0.2) is 0 Å². The molecule has 0 aliphatic heterocycles. The molecule has 0 bridgehead atoms. The topological polar surface area (TPSA) is 75.8 Å². The van der Waals surface area contributed by atoms with Gasteiger partial charge in [-0.2, -0.15) is 0 Å². The van der Waals surface area contributed by atoms with Crippen molar-refractivity contribution >= 4 is 5.91 Å². The first-order valence-electron chi connectivity index (χ1n) is 5.74. The van der Waals surface area contributed by atoms with Crippen LogP contribution in [0, 0.1) is 6.92 Å². The van der Waals surface area contributed by atoms with E-state index in [4.69, 9.17) is 15.6 Å². The molecule has 0 saturated heterocycles. The highest BCUT2D eigenvalue weighted by atomic mass is 16.5. The summed E-state index contributed by atoms with van der Waals surface area (Å²) < 4.78 is 5.17. The number of benzene rings is 1. The first kappa shape index (κ1) is 14.5. The molecule has 0 aliphatic rings. The summed E-state index contributed by atoms with van der Waals surface area (Å²) in [6.07, 6.45) is 0. The molecule has 1 rings (SSSR count). The SMILES string of the molecule is COc1ccc(CN(C)C(=O)[C@H](N)CO)cc1C. The third-order valence-electron chi connectivity index (χ3n) is 2.77. The Morgan fingerprint density at radius 2 is 2.22 bits per heavy atom. The zero-order valence-corrected chi connectivity index (χ0v) is 11.0. The molecule has 0 heterocycles. The number of hydrogen-bond acceptors (Lipinski definition) is 4. The quantitative estimate of drug-likeness (QED) is 0.789. The molecule has 1 aromatic rings. The van der Waals surface area contributed by atoms with Gasteiger partial charge in [0.1, 0.15) is 11.8 Å². The standard InChI is InChI=1S/C13H20N2O3/c1-9-6-10(4-5-12(9)18-3)7-15(2)13(17)11(14)8-16/h4-6,11,16H,7-8,14H2,1-3H3/t11-/m1/s1. The third-order valence-corrected chi connectivity index (χ3v) is 2.77. The number of aliphatic hydroxyl groups excluding tert-OH is 1. The van der Waals surface area contributed by atoms with Gasteiger partial charge in [-0.05, 0) is 24.1 Å². The summed E-state index contributed by atoms with van der Waals surface area (Å²) in [7, 11) is 3.29. The molecule has 0 unspecified atom stereocenters. The number of amides is 1. The minimum atomic E-state index is -0.852. The summed E-state index contributed by atoms with van der Waals surface area (Å²) in [6.45, 7) is 2.06. The fourth-order valence-electron chi connectivity index (χ4n) is 1.75. The van der Waals surface area contributed by atoms with E-state index < -0.39 is 6.04 Å². The number of likely N-dealkylation sites (N-methyl/N-ethyl adjacent to an activating group) is 1. The number of methoxy groups -OCH3 is 1. The molecule has 100 valence electrons. The van der Waals surface area contributed by atoms with Crippen LogP contribution in [0.1, 0.15) is 11.1 Å². The molecule has 5 nitrogen and oxygen atoms in total. The Hall–Kier alpha value is -1.59. The lowest BCUT2D eigenvalue weighted by molar-refractivity contribution is -0.132. The van der Waals surface area contributed by atoms with Crippen LogP contribution in [-0.4, -0.2) is 42.7 Å². The second kappa shape index (κ2) is 6.37. The number of aryl methyl sites for hydroxylation is 1. The molecule has 0 saturated carbocycles. The fourth-order valence-corrected chi connectivity index (χ4v) is 1.75. The van der Waals surface area contributed by atoms with Crippen LogP contribution in [0.3, 0.4) is 0 Å². The monoisotopic (exact) mass is 252 g/mol. The van der Waals surface area contributed by atoms with Crippen LogP contribution >= 0.6 is 0 Å². The van der Waals surface area contributed by atoms with E-state index in [1.807, 2.05) is 25.1 Å². The largest absolute Gasteiger partial charge is 0.496 e. The van der Waals surface area contributed by atoms with Crippen LogP contribution in [0.5, 0.6) is 5.75 Å². The van der Waals surface area contributed by atoms with Gasteiger partial charge in [-0.15, -0.1) is 0 Å². The second-order valence-corrected chi connectivity index (χ2v) is 4.29. The molecule has 0 radical (unpaired) electrons. The molecule has 3 N–H and O–H groups in total. The summed E-state index contributed by atoms with van der Waals surface area (Å²) >= 11 is 0. The Kier molecular flexibility index (Phi) is 5.12. The Morgan fingerprint density at radius 1 is 1.56 bits per heavy atom. The first-order chi connectivity index (χ1) is 8.49. The van der Waals surface area contributed by atoms with Crippen molar-refractivity contribution in [1.82, 2.24) is 4.90 Å². The molecule has 0 spiro atoms. The van der Waals surface area contributed by atoms with Gasteiger partial charge in [0, 0.05) is 13.6 Å². The predicted octanol–water partition coefficient (Wildman–Crippen LogP) is 0.282. The van der Waals surface area contributed by atoms with Gasteiger partial charge in [-0.1, -0.05) is 12.1 Å². The van der Waals surface area contributed by atoms with Crippen molar-refractivity contribution in [2.24, 2.45) is 5.73 Å². The van der Waals surface area contributed by atoms with Crippen molar-refractivity contribution in [3.8, 4) is 5.75 Å². The maximum atomic E-state index is 11.7. The van der Waals surface area contributed by atoms with Crippen LogP contribution in [-0.2, 0) is 11.3 Å². The molecule has 0 aromatic heterocycles. The highest BCUT2D eigenvalue weighted by molar-refractivity contribution is 5.81. The second-order valence-electron chi connectivity index (χ2n) is 4.29. The fraction of sp³-hybridized carbons (Fsp3) is 0.462. The van der Waals surface area contributed by atoms with Gasteiger partial charge in [-0.3, -0.25) is 4.79 Å². The lowest BCUT2D eigenvalue weighted by atomic mass is 10.1. The molecule has 1 aromatic carbocycles. The summed E-state index contributed by atoms with van der Waals surface area (Å²) in [5.74, 6) is 0.547. The van der Waals surface area contributed by atoms with E-state index >= 15 is 0 Å². The Labute approximate surface area is 107 Å². The molecule has 0 fully saturated rings. The zero-order valence-electron chi connectivity index (χ0n) is 11.0. The molecule has 1 amide bonds. The van der Waals surface area contributed by atoms with E-state index in [0.717, 1.165) is 16.9 Å². The van der Waals surface area contributed by atoms with Crippen LogP contribution in [0.15, 0.2) is 18.2 Å². The van der Waals surface area contributed by atoms with E-state index in [-0.39, 0.29) is 12.5 Å². The Bertz CT molecular complexity index is 421. The average Bonchev–Trinajstić information content (AvgIpc) is 2.37. The number of ether oxygens (including phenoxy) is 1. The average molecular weight is 252 g/mol. The molecular weight excluding hydrogens is 232 g/mol. The third kappa shape index (κ3) is 3.45. The van der Waals surface area contributed by atoms with Crippen molar-refractivity contribution < 1.29 is 14.6 Å². The first-order valence-corrected chi connectivity index (χ1v) is 5.74. The van der Waals surface area contributed by atoms with Crippen LogP contribution in [0.25, 0.3) is 0 Å². The Morgan fingerprint density at radius 3 is 2.72 bits per heavy atom. The normalized spacial score (nSPS) is 12.1. The maximum absolute atomic E-state index is 11.7. The maximum Gasteiger partial charge on any atom is 0.241 e. The summed E-state index contributed by atoms with van der Waals surface area (Å²) in [6, 6.07) is 4.89. The minimum absolute atomic E-state index is 0.272. The van der Waals surface area contributed by atoms with E-state index in [9.17, 15) is 4.79 Å². The Balaban J connectivity index is 2.73. The van der Waals surface area contributed by atoms with E-state index in [1.165, 1.54) is 4.90 Å². The van der Waals surface area contributed by atoms with Crippen molar-refractivity contribution in [2.75, 3.05) is 20.8 Å². The van der Waals surface area contributed by atoms with Gasteiger partial charge >= 0.3 is 0 Å². The highest BCUT2D eigenvalue weighted by Gasteiger charge is 2.17. The molecule has 5 heteroatoms. The van der Waals surface area contributed by atoms with Crippen molar-refractivity contribution in [3.63, 3.8) is 0 Å². The summed E-state index contributed by atoms with van der Waals surface area (Å²) in [5, 5.41) is 8.84. The van der Waals surface area contributed by atoms with Crippen LogP contribution in [0.4, 0.5) is 0 Å². The van der Waals surface area contributed by atoms with Gasteiger partial charge in [-0.25, -0.2) is 0 Å². The molecule has 0 aliphatic carbocycles. The summed E-state index contributed by atoms with van der Waals surface area (Å²) in [5.41, 5.74) is 7.50. The van der Waals surface area contributed by atoms with E-state index in [1.54, 1.807) is 14.2 Å². The van der Waals surface area contributed by atoms with Crippen molar-refractivity contribution in [3.05, 3.63) is 29.3 Å². The molecular formula is C13H20N2O3. The number of carbonyl (C=O) groups is 1. The number of hydrogen-bond donors (Lipinski definition) is 2. The number of rotatable bonds is 5. The van der Waals surface area contributed by atoms with Gasteiger partial charge in [0.25, 0.3) is 0 Å². The van der Waals surface area contributed by atoms with E-state index in [0.29, 0.717) is 6.54 Å². The zero-order chi connectivity index (χ0) is 13.7. The van der Waals surface area contributed by atoms with Crippen LogP contribution in [0.2, 0.25) is 0 Å². The van der Waals surface area contributed by atoms with Crippen molar-refractivity contribution in [2.45, 2.75) is 19.5 Å². The smallest absolute Gasteiger partial charge is 0.241 e.